The van der Waals surface area contributed by atoms with E-state index < -0.39 is 21.1 Å². The summed E-state index contributed by atoms with van der Waals surface area (Å²) >= 11 is 0. The molecule has 0 saturated heterocycles. The number of methoxy groups -OCH3 is 1. The minimum Gasteiger partial charge on any atom is -0.468 e. The van der Waals surface area contributed by atoms with Crippen molar-refractivity contribution in [3.63, 3.8) is 0 Å². The maximum atomic E-state index is 12.4. The summed E-state index contributed by atoms with van der Waals surface area (Å²) < 4.78 is 29.4. The monoisotopic (exact) mass is 285 g/mol. The minimum atomic E-state index is -3.70. The Hall–Kier alpha value is -1.56. The summed E-state index contributed by atoms with van der Waals surface area (Å²) in [7, 11) is -0.755. The second-order valence-corrected chi connectivity index (χ2v) is 6.25. The molecule has 1 atom stereocenters. The van der Waals surface area contributed by atoms with Gasteiger partial charge in [0.05, 0.1) is 12.0 Å². The zero-order valence-electron chi connectivity index (χ0n) is 11.3. The van der Waals surface area contributed by atoms with E-state index in [-0.39, 0.29) is 11.3 Å². The van der Waals surface area contributed by atoms with E-state index in [9.17, 15) is 13.2 Å². The molecule has 1 rings (SSSR count). The largest absolute Gasteiger partial charge is 0.468 e. The highest BCUT2D eigenvalue weighted by molar-refractivity contribution is 7.92. The molecule has 1 aromatic carbocycles. The first-order valence-electron chi connectivity index (χ1n) is 6.07. The van der Waals surface area contributed by atoms with Crippen LogP contribution in [0.1, 0.15) is 19.8 Å². The smallest absolute Gasteiger partial charge is 0.324 e. The molecule has 0 aliphatic carbocycles. The zero-order chi connectivity index (χ0) is 14.5. The molecular formula is C13H19NO4S. The van der Waals surface area contributed by atoms with Crippen LogP contribution in [0.25, 0.3) is 0 Å². The number of benzene rings is 1. The third-order valence-electron chi connectivity index (χ3n) is 2.86. The molecule has 0 spiro atoms. The molecule has 1 aromatic rings. The van der Waals surface area contributed by atoms with Crippen LogP contribution in [-0.2, 0) is 19.4 Å². The lowest BCUT2D eigenvalue weighted by Crippen LogP contribution is -2.31. The number of hydrogen-bond acceptors (Lipinski definition) is 5. The molecule has 0 aliphatic rings. The summed E-state index contributed by atoms with van der Waals surface area (Å²) in [5.41, 5.74) is 0.809. The van der Waals surface area contributed by atoms with Gasteiger partial charge in [-0.2, -0.15) is 0 Å². The molecular weight excluding hydrogens is 266 g/mol. The Morgan fingerprint density at radius 2 is 1.89 bits per heavy atom. The molecule has 1 unspecified atom stereocenters. The van der Waals surface area contributed by atoms with Crippen molar-refractivity contribution in [1.82, 2.24) is 0 Å². The Morgan fingerprint density at radius 1 is 1.32 bits per heavy atom. The Balaban J connectivity index is 3.14. The van der Waals surface area contributed by atoms with Crippen LogP contribution in [0.3, 0.4) is 0 Å². The van der Waals surface area contributed by atoms with Crippen molar-refractivity contribution in [3.05, 3.63) is 24.3 Å². The quantitative estimate of drug-likeness (QED) is 0.807. The van der Waals surface area contributed by atoms with E-state index >= 15 is 0 Å². The van der Waals surface area contributed by atoms with Crippen LogP contribution in [0.15, 0.2) is 29.2 Å². The van der Waals surface area contributed by atoms with Gasteiger partial charge in [0.25, 0.3) is 0 Å². The van der Waals surface area contributed by atoms with Crippen molar-refractivity contribution in [2.45, 2.75) is 29.9 Å². The minimum absolute atomic E-state index is 0.135. The van der Waals surface area contributed by atoms with E-state index in [0.717, 1.165) is 5.69 Å². The van der Waals surface area contributed by atoms with Crippen LogP contribution in [0.2, 0.25) is 0 Å². The Morgan fingerprint density at radius 3 is 2.32 bits per heavy atom. The number of anilines is 1. The first-order valence-corrected chi connectivity index (χ1v) is 7.61. The van der Waals surface area contributed by atoms with Gasteiger partial charge >= 0.3 is 5.97 Å². The zero-order valence-corrected chi connectivity index (χ0v) is 12.2. The maximum Gasteiger partial charge on any atom is 0.324 e. The number of hydrogen-bond donors (Lipinski definition) is 1. The normalized spacial score (nSPS) is 12.8. The molecule has 0 aliphatic heterocycles. The van der Waals surface area contributed by atoms with Gasteiger partial charge in [-0.15, -0.1) is 0 Å². The second-order valence-electron chi connectivity index (χ2n) is 4.12. The first kappa shape index (κ1) is 15.5. The molecule has 6 heteroatoms. The topological polar surface area (TPSA) is 72.5 Å². The predicted molar refractivity (Wildman–Crippen MR) is 73.9 cm³/mol. The van der Waals surface area contributed by atoms with Crippen LogP contribution in [0, 0.1) is 0 Å². The summed E-state index contributed by atoms with van der Waals surface area (Å²) in [6.07, 6.45) is 0.844. The van der Waals surface area contributed by atoms with Crippen molar-refractivity contribution in [3.8, 4) is 0 Å². The number of sulfone groups is 1. The second kappa shape index (κ2) is 6.56. The molecule has 0 bridgehead atoms. The van der Waals surface area contributed by atoms with E-state index in [1.807, 2.05) is 6.92 Å². The van der Waals surface area contributed by atoms with Gasteiger partial charge in [0.15, 0.2) is 15.1 Å². The van der Waals surface area contributed by atoms with Crippen molar-refractivity contribution >= 4 is 21.5 Å². The molecule has 0 amide bonds. The molecule has 0 saturated carbocycles. The molecule has 0 fully saturated rings. The lowest BCUT2D eigenvalue weighted by molar-refractivity contribution is -0.140. The van der Waals surface area contributed by atoms with Crippen LogP contribution in [-0.4, -0.2) is 33.8 Å². The lowest BCUT2D eigenvalue weighted by atomic mass is 10.2. The van der Waals surface area contributed by atoms with Gasteiger partial charge in [-0.1, -0.05) is 13.3 Å². The highest BCUT2D eigenvalue weighted by Gasteiger charge is 2.34. The van der Waals surface area contributed by atoms with E-state index in [4.69, 9.17) is 0 Å². The van der Waals surface area contributed by atoms with Gasteiger partial charge in [0.1, 0.15) is 0 Å². The van der Waals surface area contributed by atoms with Gasteiger partial charge in [0, 0.05) is 12.7 Å². The van der Waals surface area contributed by atoms with Crippen molar-refractivity contribution in [2.24, 2.45) is 0 Å². The third-order valence-corrected chi connectivity index (χ3v) is 4.97. The number of nitrogens with one attached hydrogen (secondary N) is 1. The molecule has 5 nitrogen and oxygen atoms in total. The Bertz CT molecular complexity index is 522. The van der Waals surface area contributed by atoms with E-state index in [1.54, 1.807) is 19.2 Å². The highest BCUT2D eigenvalue weighted by atomic mass is 32.2. The summed E-state index contributed by atoms with van der Waals surface area (Å²) in [6, 6.07) is 6.31. The van der Waals surface area contributed by atoms with Gasteiger partial charge in [-0.25, -0.2) is 8.42 Å². The molecule has 0 aromatic heterocycles. The Labute approximate surface area is 113 Å². The molecule has 1 N–H and O–H groups in total. The standard InChI is InChI=1S/C13H19NO4S/c1-4-5-12(13(15)18-3)19(16,17)11-8-6-10(14-2)7-9-11/h6-9,12,14H,4-5H2,1-3H3. The number of carbonyl (C=O) groups excluding carboxylic acids is 1. The van der Waals surface area contributed by atoms with Gasteiger partial charge in [-0.3, -0.25) is 4.79 Å². The summed E-state index contributed by atoms with van der Waals surface area (Å²) in [5, 5.41) is 1.77. The van der Waals surface area contributed by atoms with Crippen LogP contribution >= 0.6 is 0 Å². The number of rotatable bonds is 6. The predicted octanol–water partition coefficient (Wildman–Crippen LogP) is 1.84. The fourth-order valence-corrected chi connectivity index (χ4v) is 3.51. The molecule has 0 radical (unpaired) electrons. The van der Waals surface area contributed by atoms with Crippen LogP contribution in [0.4, 0.5) is 5.69 Å². The lowest BCUT2D eigenvalue weighted by Gasteiger charge is -2.15. The van der Waals surface area contributed by atoms with Crippen molar-refractivity contribution in [2.75, 3.05) is 19.5 Å². The first-order chi connectivity index (χ1) is 8.97. The van der Waals surface area contributed by atoms with Gasteiger partial charge in [0.2, 0.25) is 0 Å². The summed E-state index contributed by atoms with van der Waals surface area (Å²) in [4.78, 5) is 11.8. The third kappa shape index (κ3) is 3.47. The highest BCUT2D eigenvalue weighted by Crippen LogP contribution is 2.22. The molecule has 19 heavy (non-hydrogen) atoms. The van der Waals surface area contributed by atoms with Crippen molar-refractivity contribution in [1.29, 1.82) is 0 Å². The maximum absolute atomic E-state index is 12.4. The number of esters is 1. The molecule has 106 valence electrons. The number of carbonyl (C=O) groups is 1. The van der Waals surface area contributed by atoms with Crippen LogP contribution < -0.4 is 5.32 Å². The van der Waals surface area contributed by atoms with E-state index in [0.29, 0.717) is 6.42 Å². The summed E-state index contributed by atoms with van der Waals surface area (Å²) in [6.45, 7) is 1.83. The fourth-order valence-electron chi connectivity index (χ4n) is 1.77. The van der Waals surface area contributed by atoms with Gasteiger partial charge < -0.3 is 10.1 Å². The average molecular weight is 285 g/mol. The molecule has 0 heterocycles. The van der Waals surface area contributed by atoms with Gasteiger partial charge in [-0.05, 0) is 30.7 Å². The average Bonchev–Trinajstić information content (AvgIpc) is 2.43. The van der Waals surface area contributed by atoms with Crippen LogP contribution in [0.5, 0.6) is 0 Å². The fraction of sp³-hybridized carbons (Fsp3) is 0.462. The SMILES string of the molecule is CCCC(C(=O)OC)S(=O)(=O)c1ccc(NC)cc1. The van der Waals surface area contributed by atoms with Crippen molar-refractivity contribution < 1.29 is 17.9 Å². The Kier molecular flexibility index (Phi) is 5.35. The summed E-state index contributed by atoms with van der Waals surface area (Å²) in [5.74, 6) is -0.709. The van der Waals surface area contributed by atoms with E-state index in [2.05, 4.69) is 10.1 Å². The number of ether oxygens (including phenoxy) is 1. The van der Waals surface area contributed by atoms with E-state index in [1.165, 1.54) is 19.2 Å².